The van der Waals surface area contributed by atoms with Crippen molar-refractivity contribution in [1.29, 1.82) is 0 Å². The van der Waals surface area contributed by atoms with Crippen LogP contribution in [-0.4, -0.2) is 41.4 Å². The third-order valence-corrected chi connectivity index (χ3v) is 4.04. The molecular formula is C12H19ClN3O3-. The Kier molecular flexibility index (Phi) is 4.92. The van der Waals surface area contributed by atoms with Gasteiger partial charge in [0.2, 0.25) is 0 Å². The zero-order chi connectivity index (χ0) is 13.3. The van der Waals surface area contributed by atoms with Crippen LogP contribution in [0.3, 0.4) is 0 Å². The molecule has 0 aromatic rings. The fourth-order valence-electron chi connectivity index (χ4n) is 2.77. The zero-order valence-corrected chi connectivity index (χ0v) is 11.9. The zero-order valence-electron chi connectivity index (χ0n) is 11.2. The lowest BCUT2D eigenvalue weighted by Crippen LogP contribution is -3.00. The highest BCUT2D eigenvalue weighted by atomic mass is 35.5. The molecule has 0 bridgehead atoms. The number of rotatable bonds is 2. The predicted octanol–water partition coefficient (Wildman–Crippen LogP) is -2.76. The Bertz CT molecular complexity index is 372. The van der Waals surface area contributed by atoms with Crippen molar-refractivity contribution < 1.29 is 26.8 Å². The maximum atomic E-state index is 12.1. The van der Waals surface area contributed by atoms with Crippen LogP contribution in [0.15, 0.2) is 0 Å². The van der Waals surface area contributed by atoms with Crippen LogP contribution in [-0.2, 0) is 9.59 Å². The van der Waals surface area contributed by atoms with Gasteiger partial charge in [0.15, 0.2) is 5.54 Å². The van der Waals surface area contributed by atoms with Crippen LogP contribution >= 0.6 is 0 Å². The second-order valence-corrected chi connectivity index (χ2v) is 5.12. The fraction of sp³-hybridized carbons (Fsp3) is 0.750. The molecule has 0 atom stereocenters. The van der Waals surface area contributed by atoms with E-state index in [0.717, 1.165) is 12.8 Å². The summed E-state index contributed by atoms with van der Waals surface area (Å²) < 4.78 is 0. The average Bonchev–Trinajstić information content (AvgIpc) is 2.31. The van der Waals surface area contributed by atoms with Gasteiger partial charge in [0.05, 0.1) is 0 Å². The molecule has 0 unspecified atom stereocenters. The molecule has 0 aliphatic carbocycles. The van der Waals surface area contributed by atoms with E-state index in [1.54, 1.807) is 6.92 Å². The summed E-state index contributed by atoms with van der Waals surface area (Å²) in [5, 5.41) is 4.42. The second-order valence-electron chi connectivity index (χ2n) is 5.12. The van der Waals surface area contributed by atoms with Gasteiger partial charge in [-0.3, -0.25) is 25.1 Å². The van der Waals surface area contributed by atoms with Gasteiger partial charge in [0.1, 0.15) is 0 Å². The number of nitrogens with zero attached hydrogens (tertiary/aromatic N) is 1. The molecule has 2 heterocycles. The number of likely N-dealkylation sites (tertiary alicyclic amines) is 1. The molecule has 2 aliphatic rings. The summed E-state index contributed by atoms with van der Waals surface area (Å²) in [7, 11) is 0. The van der Waals surface area contributed by atoms with E-state index in [1.165, 1.54) is 0 Å². The van der Waals surface area contributed by atoms with E-state index in [2.05, 4.69) is 17.6 Å². The molecule has 2 N–H and O–H groups in total. The van der Waals surface area contributed by atoms with Crippen molar-refractivity contribution in [3.05, 3.63) is 0 Å². The van der Waals surface area contributed by atoms with Crippen molar-refractivity contribution in [2.24, 2.45) is 5.92 Å². The van der Waals surface area contributed by atoms with Crippen molar-refractivity contribution in [2.45, 2.75) is 38.6 Å². The van der Waals surface area contributed by atoms with E-state index in [1.807, 2.05) is 4.90 Å². The fourth-order valence-corrected chi connectivity index (χ4v) is 2.77. The highest BCUT2D eigenvalue weighted by Crippen LogP contribution is 2.28. The minimum absolute atomic E-state index is 0. The number of urea groups is 1. The Morgan fingerprint density at radius 1 is 1.16 bits per heavy atom. The van der Waals surface area contributed by atoms with E-state index in [4.69, 9.17) is 0 Å². The first-order chi connectivity index (χ1) is 8.50. The van der Waals surface area contributed by atoms with Gasteiger partial charge in [-0.05, 0) is 38.3 Å². The molecule has 2 rings (SSSR count). The van der Waals surface area contributed by atoms with Crippen LogP contribution in [0.4, 0.5) is 4.79 Å². The molecule has 0 saturated carbocycles. The maximum absolute atomic E-state index is 12.1. The lowest BCUT2D eigenvalue weighted by atomic mass is 9.86. The highest BCUT2D eigenvalue weighted by Gasteiger charge is 2.53. The summed E-state index contributed by atoms with van der Waals surface area (Å²) in [5.74, 6) is -0.367. The molecule has 2 aliphatic heterocycles. The largest absolute Gasteiger partial charge is 1.00 e. The number of hydrogen-bond donors (Lipinski definition) is 2. The Labute approximate surface area is 118 Å². The van der Waals surface area contributed by atoms with Crippen LogP contribution in [0, 0.1) is 5.92 Å². The van der Waals surface area contributed by atoms with Crippen molar-refractivity contribution in [3.63, 3.8) is 0 Å². The Balaban J connectivity index is 0.00000180. The average molecular weight is 289 g/mol. The quantitative estimate of drug-likeness (QED) is 0.540. The molecule has 0 aromatic carbocycles. The van der Waals surface area contributed by atoms with Crippen LogP contribution in [0.25, 0.3) is 0 Å². The maximum Gasteiger partial charge on any atom is 0.328 e. The van der Waals surface area contributed by atoms with Crippen molar-refractivity contribution >= 4 is 17.8 Å². The number of hydrogen-bond acceptors (Lipinski definition) is 4. The smallest absolute Gasteiger partial charge is 0.328 e. The van der Waals surface area contributed by atoms with Crippen molar-refractivity contribution in [3.8, 4) is 0 Å². The minimum atomic E-state index is -1.21. The first kappa shape index (κ1) is 15.9. The van der Waals surface area contributed by atoms with E-state index in [9.17, 15) is 14.4 Å². The first-order valence-electron chi connectivity index (χ1n) is 6.42. The van der Waals surface area contributed by atoms with E-state index in [-0.39, 0.29) is 12.4 Å². The number of imide groups is 2. The summed E-state index contributed by atoms with van der Waals surface area (Å²) in [4.78, 5) is 37.3. The molecule has 19 heavy (non-hydrogen) atoms. The Morgan fingerprint density at radius 3 is 2.05 bits per heavy atom. The summed E-state index contributed by atoms with van der Waals surface area (Å²) in [5.41, 5.74) is -1.21. The lowest BCUT2D eigenvalue weighted by molar-refractivity contribution is -0.149. The number of carbonyl (C=O) groups is 3. The number of carbonyl (C=O) groups excluding carboxylic acids is 3. The SMILES string of the molecule is CCC1(N2CCC(C)CC2)C(=O)NC(=O)NC1=O.[Cl-]. The molecule has 4 amide bonds. The number of nitrogens with one attached hydrogen (secondary N) is 2. The molecule has 108 valence electrons. The van der Waals surface area contributed by atoms with E-state index < -0.39 is 23.4 Å². The molecule has 7 heteroatoms. The van der Waals surface area contributed by atoms with E-state index >= 15 is 0 Å². The second kappa shape index (κ2) is 5.88. The van der Waals surface area contributed by atoms with Crippen LogP contribution in [0.2, 0.25) is 0 Å². The predicted molar refractivity (Wildman–Crippen MR) is 64.7 cm³/mol. The first-order valence-corrected chi connectivity index (χ1v) is 6.42. The molecule has 0 radical (unpaired) electrons. The number of barbiturate groups is 1. The summed E-state index contributed by atoms with van der Waals surface area (Å²) >= 11 is 0. The molecule has 6 nitrogen and oxygen atoms in total. The number of amides is 4. The van der Waals surface area contributed by atoms with Gasteiger partial charge in [-0.25, -0.2) is 4.79 Å². The third-order valence-electron chi connectivity index (χ3n) is 4.04. The van der Waals surface area contributed by atoms with Crippen LogP contribution < -0.4 is 23.0 Å². The van der Waals surface area contributed by atoms with Crippen molar-refractivity contribution in [2.75, 3.05) is 13.1 Å². The highest BCUT2D eigenvalue weighted by molar-refractivity contribution is 6.22. The van der Waals surface area contributed by atoms with Gasteiger partial charge in [0.25, 0.3) is 11.8 Å². The van der Waals surface area contributed by atoms with Gasteiger partial charge < -0.3 is 12.4 Å². The van der Waals surface area contributed by atoms with Crippen LogP contribution in [0.1, 0.15) is 33.1 Å². The normalized spacial score (nSPS) is 24.4. The van der Waals surface area contributed by atoms with Gasteiger partial charge in [-0.2, -0.15) is 0 Å². The Morgan fingerprint density at radius 2 is 1.63 bits per heavy atom. The Hall–Kier alpha value is -1.14. The molecular weight excluding hydrogens is 270 g/mol. The lowest BCUT2D eigenvalue weighted by Gasteiger charge is -2.45. The van der Waals surface area contributed by atoms with Gasteiger partial charge in [-0.15, -0.1) is 0 Å². The van der Waals surface area contributed by atoms with E-state index in [0.29, 0.717) is 25.4 Å². The van der Waals surface area contributed by atoms with Gasteiger partial charge >= 0.3 is 6.03 Å². The van der Waals surface area contributed by atoms with Gasteiger partial charge in [-0.1, -0.05) is 13.8 Å². The van der Waals surface area contributed by atoms with Crippen LogP contribution in [0.5, 0.6) is 0 Å². The van der Waals surface area contributed by atoms with Crippen molar-refractivity contribution in [1.82, 2.24) is 15.5 Å². The summed E-state index contributed by atoms with van der Waals surface area (Å²) in [6.45, 7) is 5.39. The third kappa shape index (κ3) is 2.60. The molecule has 2 fully saturated rings. The number of halogens is 1. The molecule has 2 saturated heterocycles. The minimum Gasteiger partial charge on any atom is -1.00 e. The molecule has 0 aromatic heterocycles. The number of piperidine rings is 1. The van der Waals surface area contributed by atoms with Gasteiger partial charge in [0, 0.05) is 0 Å². The monoisotopic (exact) mass is 288 g/mol. The standard InChI is InChI=1S/C12H19N3O3.ClH/c1-3-12(15-6-4-8(2)5-7-15)9(16)13-11(18)14-10(12)17;/h8H,3-7H2,1-2H3,(H2,13,14,16,17,18);1H/p-1. The summed E-state index contributed by atoms with van der Waals surface area (Å²) in [6.07, 6.45) is 2.30. The molecule has 0 spiro atoms. The topological polar surface area (TPSA) is 78.5 Å². The summed E-state index contributed by atoms with van der Waals surface area (Å²) in [6, 6.07) is -0.723.